The van der Waals surface area contributed by atoms with Gasteiger partial charge in [0.2, 0.25) is 11.9 Å². The number of fused-ring (bicyclic) bond motifs is 2. The maximum atomic E-state index is 12.2. The van der Waals surface area contributed by atoms with Crippen LogP contribution in [0.5, 0.6) is 11.5 Å². The Balaban J connectivity index is 1.51. The summed E-state index contributed by atoms with van der Waals surface area (Å²) in [7, 11) is 1.56. The van der Waals surface area contributed by atoms with Crippen molar-refractivity contribution in [2.75, 3.05) is 13.7 Å². The summed E-state index contributed by atoms with van der Waals surface area (Å²) in [4.78, 5) is 34.1. The molecule has 2 aromatic rings. The number of aryl methyl sites for hydroxylation is 1. The number of primary amides is 1. The van der Waals surface area contributed by atoms with Gasteiger partial charge >= 0.3 is 0 Å². The van der Waals surface area contributed by atoms with E-state index in [4.69, 9.17) is 15.2 Å². The average molecular weight is 412 g/mol. The maximum Gasteiger partial charge on any atom is 0.259 e. The van der Waals surface area contributed by atoms with Crippen LogP contribution >= 0.6 is 0 Å². The van der Waals surface area contributed by atoms with Crippen LogP contribution in [0, 0.1) is 0 Å². The van der Waals surface area contributed by atoms with E-state index in [0.717, 1.165) is 24.9 Å². The predicted molar refractivity (Wildman–Crippen MR) is 108 cm³/mol. The number of imidazole rings is 1. The molecule has 3 heterocycles. The molecule has 2 amide bonds. The minimum atomic E-state index is -1.11. The second-order valence-electron chi connectivity index (χ2n) is 7.20. The van der Waals surface area contributed by atoms with Crippen molar-refractivity contribution in [2.45, 2.75) is 38.4 Å². The SMILES string of the molecule is COc1c(OCCCCn2ccnc2)ccc2c1C(C)N1C(=N2)NC(=O)C1C(N)=O. The van der Waals surface area contributed by atoms with Gasteiger partial charge in [-0.2, -0.15) is 0 Å². The van der Waals surface area contributed by atoms with Gasteiger partial charge in [0.1, 0.15) is 0 Å². The van der Waals surface area contributed by atoms with Crippen molar-refractivity contribution in [3.63, 3.8) is 0 Å². The summed E-state index contributed by atoms with van der Waals surface area (Å²) in [5, 5.41) is 2.63. The van der Waals surface area contributed by atoms with Crippen LogP contribution in [-0.2, 0) is 16.1 Å². The van der Waals surface area contributed by atoms with E-state index in [-0.39, 0.29) is 6.04 Å². The van der Waals surface area contributed by atoms with Gasteiger partial charge in [0.25, 0.3) is 5.91 Å². The average Bonchev–Trinajstić information content (AvgIpc) is 3.34. The Morgan fingerprint density at radius 1 is 1.33 bits per heavy atom. The molecule has 2 unspecified atom stereocenters. The maximum absolute atomic E-state index is 12.2. The molecule has 3 N–H and O–H groups in total. The van der Waals surface area contributed by atoms with Gasteiger partial charge in [0.05, 0.1) is 31.8 Å². The number of amides is 2. The van der Waals surface area contributed by atoms with Crippen molar-refractivity contribution in [2.24, 2.45) is 10.7 Å². The van der Waals surface area contributed by atoms with Crippen LogP contribution < -0.4 is 20.5 Å². The molecule has 10 nitrogen and oxygen atoms in total. The molecule has 0 aliphatic carbocycles. The molecule has 158 valence electrons. The Labute approximate surface area is 173 Å². The molecule has 0 radical (unpaired) electrons. The summed E-state index contributed by atoms with van der Waals surface area (Å²) in [5.74, 6) is 0.254. The van der Waals surface area contributed by atoms with Crippen LogP contribution in [0.15, 0.2) is 35.8 Å². The number of rotatable bonds is 8. The van der Waals surface area contributed by atoms with Crippen LogP contribution in [-0.4, -0.2) is 52.0 Å². The lowest BCUT2D eigenvalue weighted by molar-refractivity contribution is -0.131. The Bertz CT molecular complexity index is 987. The summed E-state index contributed by atoms with van der Waals surface area (Å²) < 4.78 is 13.6. The molecular weight excluding hydrogens is 388 g/mol. The largest absolute Gasteiger partial charge is 0.492 e. The molecular formula is C20H24N6O4. The second-order valence-corrected chi connectivity index (χ2v) is 7.20. The third-order valence-electron chi connectivity index (χ3n) is 5.31. The zero-order valence-corrected chi connectivity index (χ0v) is 16.9. The summed E-state index contributed by atoms with van der Waals surface area (Å²) in [6, 6.07) is 2.17. The van der Waals surface area contributed by atoms with Crippen molar-refractivity contribution in [3.05, 3.63) is 36.4 Å². The lowest BCUT2D eigenvalue weighted by Gasteiger charge is -2.34. The number of carbonyl (C=O) groups is 2. The Kier molecular flexibility index (Phi) is 5.30. The van der Waals surface area contributed by atoms with Crippen LogP contribution in [0.25, 0.3) is 0 Å². The lowest BCUT2D eigenvalue weighted by atomic mass is 10.00. The molecule has 0 saturated carbocycles. The molecule has 1 aromatic heterocycles. The molecule has 0 bridgehead atoms. The number of nitrogens with one attached hydrogen (secondary N) is 1. The van der Waals surface area contributed by atoms with Gasteiger partial charge in [0.15, 0.2) is 17.5 Å². The van der Waals surface area contributed by atoms with Crippen LogP contribution in [0.2, 0.25) is 0 Å². The monoisotopic (exact) mass is 412 g/mol. The number of nitrogens with zero attached hydrogens (tertiary/aromatic N) is 4. The molecule has 4 rings (SSSR count). The van der Waals surface area contributed by atoms with E-state index < -0.39 is 17.9 Å². The van der Waals surface area contributed by atoms with E-state index in [1.807, 2.05) is 29.8 Å². The third kappa shape index (κ3) is 3.44. The van der Waals surface area contributed by atoms with Gasteiger partial charge in [-0.1, -0.05) is 0 Å². The second kappa shape index (κ2) is 8.05. The highest BCUT2D eigenvalue weighted by Crippen LogP contribution is 2.46. The quantitative estimate of drug-likeness (QED) is 0.494. The molecule has 2 aliphatic heterocycles. The molecule has 0 spiro atoms. The number of aromatic nitrogens is 2. The summed E-state index contributed by atoms with van der Waals surface area (Å²) in [6.45, 7) is 3.28. The molecule has 2 atom stereocenters. The van der Waals surface area contributed by atoms with Gasteiger partial charge in [0, 0.05) is 24.5 Å². The number of guanidine groups is 1. The van der Waals surface area contributed by atoms with E-state index in [0.29, 0.717) is 29.8 Å². The van der Waals surface area contributed by atoms with Gasteiger partial charge in [-0.05, 0) is 31.9 Å². The first-order valence-electron chi connectivity index (χ1n) is 9.78. The number of hydrogen-bond acceptors (Lipinski definition) is 7. The molecule has 1 aromatic carbocycles. The fourth-order valence-electron chi connectivity index (χ4n) is 3.90. The summed E-state index contributed by atoms with van der Waals surface area (Å²) >= 11 is 0. The van der Waals surface area contributed by atoms with Crippen molar-refractivity contribution in [1.29, 1.82) is 0 Å². The van der Waals surface area contributed by atoms with E-state index in [1.165, 1.54) is 0 Å². The number of nitrogens with two attached hydrogens (primary N) is 1. The summed E-state index contributed by atoms with van der Waals surface area (Å²) in [5.41, 5.74) is 6.86. The highest BCUT2D eigenvalue weighted by Gasteiger charge is 2.46. The zero-order valence-electron chi connectivity index (χ0n) is 16.9. The van der Waals surface area contributed by atoms with Crippen LogP contribution in [0.1, 0.15) is 31.4 Å². The topological polar surface area (TPSA) is 124 Å². The number of benzene rings is 1. The lowest BCUT2D eigenvalue weighted by Crippen LogP contribution is -2.47. The highest BCUT2D eigenvalue weighted by molar-refractivity contribution is 6.17. The Hall–Kier alpha value is -3.56. The van der Waals surface area contributed by atoms with E-state index in [2.05, 4.69) is 15.3 Å². The van der Waals surface area contributed by atoms with Crippen molar-refractivity contribution >= 4 is 23.5 Å². The molecule has 10 heteroatoms. The van der Waals surface area contributed by atoms with Crippen molar-refractivity contribution in [1.82, 2.24) is 19.8 Å². The van der Waals surface area contributed by atoms with Gasteiger partial charge in [-0.15, -0.1) is 0 Å². The minimum absolute atomic E-state index is 0.319. The molecule has 30 heavy (non-hydrogen) atoms. The molecule has 1 saturated heterocycles. The fourth-order valence-corrected chi connectivity index (χ4v) is 3.90. The zero-order chi connectivity index (χ0) is 21.3. The van der Waals surface area contributed by atoms with Crippen molar-refractivity contribution < 1.29 is 19.1 Å². The standard InChI is InChI=1S/C20H24N6O4/c1-12-15-13(23-20-24-19(28)16(18(21)27)26(12)20)5-6-14(17(15)29-2)30-10-4-3-8-25-9-7-22-11-25/h5-7,9,11-12,16H,3-4,8,10H2,1-2H3,(H2,21,27)(H,23,24,28). The molecule has 1 fully saturated rings. The fraction of sp³-hybridized carbons (Fsp3) is 0.400. The Morgan fingerprint density at radius 3 is 2.87 bits per heavy atom. The molecule has 2 aliphatic rings. The van der Waals surface area contributed by atoms with Crippen LogP contribution in [0.3, 0.4) is 0 Å². The first-order chi connectivity index (χ1) is 14.5. The summed E-state index contributed by atoms with van der Waals surface area (Å²) in [6.07, 6.45) is 7.30. The van der Waals surface area contributed by atoms with E-state index >= 15 is 0 Å². The number of ether oxygens (including phenoxy) is 2. The van der Waals surface area contributed by atoms with E-state index in [1.54, 1.807) is 24.5 Å². The van der Waals surface area contributed by atoms with Gasteiger partial charge < -0.3 is 24.7 Å². The smallest absolute Gasteiger partial charge is 0.259 e. The number of aliphatic imine (C=N–C) groups is 1. The van der Waals surface area contributed by atoms with Crippen LogP contribution in [0.4, 0.5) is 5.69 Å². The number of unbranched alkanes of at least 4 members (excludes halogenated alkanes) is 1. The van der Waals surface area contributed by atoms with Gasteiger partial charge in [-0.25, -0.2) is 9.98 Å². The van der Waals surface area contributed by atoms with E-state index in [9.17, 15) is 9.59 Å². The van der Waals surface area contributed by atoms with Crippen molar-refractivity contribution in [3.8, 4) is 11.5 Å². The predicted octanol–water partition coefficient (Wildman–Crippen LogP) is 1.10. The third-order valence-corrected chi connectivity index (χ3v) is 5.31. The highest BCUT2D eigenvalue weighted by atomic mass is 16.5. The van der Waals surface area contributed by atoms with Gasteiger partial charge in [-0.3, -0.25) is 14.9 Å². The normalized spacial score (nSPS) is 19.6. The first kappa shape index (κ1) is 19.7. The number of methoxy groups -OCH3 is 1. The Morgan fingerprint density at radius 2 is 2.17 bits per heavy atom. The first-order valence-corrected chi connectivity index (χ1v) is 9.78. The minimum Gasteiger partial charge on any atom is -0.492 e. The number of hydrogen-bond donors (Lipinski definition) is 2. The number of carbonyl (C=O) groups excluding carboxylic acids is 2.